The van der Waals surface area contributed by atoms with E-state index in [1.54, 1.807) is 0 Å². The van der Waals surface area contributed by atoms with E-state index >= 15 is 0 Å². The summed E-state index contributed by atoms with van der Waals surface area (Å²) in [5.74, 6) is -2.39. The molecule has 11 nitrogen and oxygen atoms in total. The first kappa shape index (κ1) is 52.0. The van der Waals surface area contributed by atoms with Gasteiger partial charge < -0.3 is 25.2 Å². The molecule has 0 aromatic heterocycles. The van der Waals surface area contributed by atoms with Crippen molar-refractivity contribution in [3.05, 3.63) is 24.3 Å². The molecule has 0 rings (SSSR count). The van der Waals surface area contributed by atoms with Crippen LogP contribution in [-0.2, 0) is 37.5 Å². The number of carboxylic acid groups (broad SMARTS) is 1. The molecule has 0 aromatic carbocycles. The number of nitrogens with two attached hydrogens (primary N) is 1. The van der Waals surface area contributed by atoms with E-state index in [1.165, 1.54) is 83.5 Å². The zero-order chi connectivity index (χ0) is 40.0. The lowest BCUT2D eigenvalue weighted by Gasteiger charge is -2.20. The minimum atomic E-state index is -4.71. The van der Waals surface area contributed by atoms with E-state index in [0.29, 0.717) is 12.8 Å². The minimum Gasteiger partial charge on any atom is -0.480 e. The molecule has 3 unspecified atom stereocenters. The van der Waals surface area contributed by atoms with Crippen molar-refractivity contribution >= 4 is 25.7 Å². The van der Waals surface area contributed by atoms with Crippen molar-refractivity contribution in [1.82, 2.24) is 0 Å². The summed E-state index contributed by atoms with van der Waals surface area (Å²) in [5, 5.41) is 8.88. The van der Waals surface area contributed by atoms with Gasteiger partial charge in [-0.25, -0.2) is 4.57 Å². The Balaban J connectivity index is 4.34. The predicted octanol–water partition coefficient (Wildman–Crippen LogP) is 11.1. The molecule has 0 spiro atoms. The van der Waals surface area contributed by atoms with Crippen LogP contribution in [-0.4, -0.2) is 59.9 Å². The highest BCUT2D eigenvalue weighted by Gasteiger charge is 2.28. The van der Waals surface area contributed by atoms with Gasteiger partial charge in [-0.15, -0.1) is 0 Å². The van der Waals surface area contributed by atoms with E-state index in [2.05, 4.69) is 42.7 Å². The van der Waals surface area contributed by atoms with Crippen molar-refractivity contribution < 1.29 is 47.5 Å². The van der Waals surface area contributed by atoms with Crippen molar-refractivity contribution in [1.29, 1.82) is 0 Å². The number of carboxylic acids is 1. The second kappa shape index (κ2) is 37.9. The summed E-state index contributed by atoms with van der Waals surface area (Å²) in [6, 6.07) is -1.52. The molecule has 0 bridgehead atoms. The van der Waals surface area contributed by atoms with Gasteiger partial charge in [0.1, 0.15) is 12.6 Å². The molecule has 0 amide bonds. The molecule has 0 aromatic rings. The van der Waals surface area contributed by atoms with Crippen LogP contribution in [0.3, 0.4) is 0 Å². The Morgan fingerprint density at radius 3 is 1.52 bits per heavy atom. The van der Waals surface area contributed by atoms with Gasteiger partial charge >= 0.3 is 25.7 Å². The summed E-state index contributed by atoms with van der Waals surface area (Å²) in [4.78, 5) is 45.9. The first-order chi connectivity index (χ1) is 26.1. The number of hydrogen-bond donors (Lipinski definition) is 3. The summed E-state index contributed by atoms with van der Waals surface area (Å²) in [7, 11) is -4.71. The molecule has 316 valence electrons. The van der Waals surface area contributed by atoms with Crippen molar-refractivity contribution in [3.63, 3.8) is 0 Å². The van der Waals surface area contributed by atoms with Crippen LogP contribution in [0.1, 0.15) is 194 Å². The first-order valence-electron chi connectivity index (χ1n) is 21.4. The van der Waals surface area contributed by atoms with Gasteiger partial charge in [0.15, 0.2) is 6.10 Å². The fourth-order valence-corrected chi connectivity index (χ4v) is 6.59. The van der Waals surface area contributed by atoms with Gasteiger partial charge in [-0.05, 0) is 38.5 Å². The van der Waals surface area contributed by atoms with Crippen LogP contribution in [0, 0.1) is 0 Å². The summed E-state index contributed by atoms with van der Waals surface area (Å²) in [6.07, 6.45) is 38.1. The van der Waals surface area contributed by atoms with Gasteiger partial charge in [0, 0.05) is 12.8 Å². The highest BCUT2D eigenvalue weighted by molar-refractivity contribution is 7.47. The normalized spacial score (nSPS) is 14.0. The van der Waals surface area contributed by atoms with Crippen molar-refractivity contribution in [2.24, 2.45) is 5.73 Å². The van der Waals surface area contributed by atoms with Crippen molar-refractivity contribution in [2.45, 2.75) is 206 Å². The summed E-state index contributed by atoms with van der Waals surface area (Å²) in [6.45, 7) is 2.73. The highest BCUT2D eigenvalue weighted by Crippen LogP contribution is 2.43. The molecule has 0 fully saturated rings. The summed E-state index contributed by atoms with van der Waals surface area (Å²) < 4.78 is 32.6. The second-order valence-electron chi connectivity index (χ2n) is 14.5. The van der Waals surface area contributed by atoms with Crippen LogP contribution in [0.4, 0.5) is 0 Å². The Hall–Kier alpha value is -2.04. The molecular formula is C42H78NO10P. The molecule has 12 heteroatoms. The molecule has 0 radical (unpaired) electrons. The summed E-state index contributed by atoms with van der Waals surface area (Å²) in [5.41, 5.74) is 5.33. The maximum atomic E-state index is 12.6. The van der Waals surface area contributed by atoms with E-state index in [0.717, 1.165) is 70.6 Å². The van der Waals surface area contributed by atoms with E-state index < -0.39 is 51.1 Å². The average molecular weight is 788 g/mol. The number of carbonyl (C=O) groups is 3. The molecule has 3 atom stereocenters. The molecule has 0 heterocycles. The SMILES string of the molecule is CCC/C=C\C/C=C\CCCCCCCC(=O)OC(COC(=O)CCCCCCCCCCCCCCCCCCC)COP(=O)(O)OCC(N)C(=O)O. The van der Waals surface area contributed by atoms with Gasteiger partial charge in [0.25, 0.3) is 0 Å². The monoisotopic (exact) mass is 788 g/mol. The Bertz CT molecular complexity index is 1020. The van der Waals surface area contributed by atoms with Gasteiger partial charge in [-0.1, -0.05) is 167 Å². The number of phosphoric ester groups is 1. The van der Waals surface area contributed by atoms with E-state index in [1.807, 2.05) is 0 Å². The maximum absolute atomic E-state index is 12.6. The lowest BCUT2D eigenvalue weighted by Crippen LogP contribution is -2.34. The fraction of sp³-hybridized carbons (Fsp3) is 0.833. The molecule has 54 heavy (non-hydrogen) atoms. The third-order valence-corrected chi connectivity index (χ3v) is 10.1. The number of carbonyl (C=O) groups excluding carboxylic acids is 2. The number of allylic oxidation sites excluding steroid dienone is 4. The topological polar surface area (TPSA) is 172 Å². The Morgan fingerprint density at radius 2 is 1.02 bits per heavy atom. The van der Waals surface area contributed by atoms with E-state index in [4.69, 9.17) is 24.8 Å². The molecular weight excluding hydrogens is 709 g/mol. The lowest BCUT2D eigenvalue weighted by molar-refractivity contribution is -0.161. The number of ether oxygens (including phenoxy) is 2. The van der Waals surface area contributed by atoms with Gasteiger partial charge in [-0.3, -0.25) is 23.4 Å². The standard InChI is InChI=1S/C42H78NO10P/c1-3-5-7-9-11-13-15-17-18-19-20-22-23-25-27-29-31-33-40(44)50-35-38(36-51-54(48,49)52-37-39(43)42(46)47)53-41(45)34-32-30-28-26-24-21-16-14-12-10-8-6-4-2/h8,10,14,16,38-39H,3-7,9,11-13,15,17-37,43H2,1-2H3,(H,46,47)(H,48,49)/b10-8-,16-14-. The smallest absolute Gasteiger partial charge is 0.472 e. The van der Waals surface area contributed by atoms with Crippen LogP contribution in [0.5, 0.6) is 0 Å². The largest absolute Gasteiger partial charge is 0.480 e. The van der Waals surface area contributed by atoms with Crippen LogP contribution < -0.4 is 5.73 Å². The Kier molecular flexibility index (Phi) is 36.4. The van der Waals surface area contributed by atoms with E-state index in [-0.39, 0.29) is 19.4 Å². The predicted molar refractivity (Wildman–Crippen MR) is 217 cm³/mol. The van der Waals surface area contributed by atoms with Crippen LogP contribution in [0.2, 0.25) is 0 Å². The highest BCUT2D eigenvalue weighted by atomic mass is 31.2. The molecule has 0 aliphatic heterocycles. The number of esters is 2. The Morgan fingerprint density at radius 1 is 0.574 bits per heavy atom. The Labute approximate surface area is 328 Å². The number of phosphoric acid groups is 1. The average Bonchev–Trinajstić information content (AvgIpc) is 3.14. The minimum absolute atomic E-state index is 0.147. The van der Waals surface area contributed by atoms with Crippen molar-refractivity contribution in [2.75, 3.05) is 19.8 Å². The molecule has 4 N–H and O–H groups in total. The quantitative estimate of drug-likeness (QED) is 0.0233. The van der Waals surface area contributed by atoms with Crippen LogP contribution in [0.15, 0.2) is 24.3 Å². The number of aliphatic carboxylic acids is 1. The fourth-order valence-electron chi connectivity index (χ4n) is 5.81. The van der Waals surface area contributed by atoms with Gasteiger partial charge in [0.05, 0.1) is 13.2 Å². The summed E-state index contributed by atoms with van der Waals surface area (Å²) >= 11 is 0. The number of rotatable bonds is 40. The van der Waals surface area contributed by atoms with E-state index in [9.17, 15) is 23.8 Å². The van der Waals surface area contributed by atoms with Crippen molar-refractivity contribution in [3.8, 4) is 0 Å². The molecule has 0 aliphatic carbocycles. The maximum Gasteiger partial charge on any atom is 0.472 e. The van der Waals surface area contributed by atoms with Crippen LogP contribution >= 0.6 is 7.82 Å². The zero-order valence-electron chi connectivity index (χ0n) is 34.1. The lowest BCUT2D eigenvalue weighted by atomic mass is 10.0. The third-order valence-electron chi connectivity index (χ3n) is 9.18. The second-order valence-corrected chi connectivity index (χ2v) is 15.9. The third kappa shape index (κ3) is 36.9. The first-order valence-corrected chi connectivity index (χ1v) is 22.9. The molecule has 0 aliphatic rings. The number of unbranched alkanes of at least 4 members (excludes halogenated alkanes) is 22. The zero-order valence-corrected chi connectivity index (χ0v) is 35.0. The molecule has 0 saturated heterocycles. The van der Waals surface area contributed by atoms with Crippen LogP contribution in [0.25, 0.3) is 0 Å². The van der Waals surface area contributed by atoms with Gasteiger partial charge in [-0.2, -0.15) is 0 Å². The number of hydrogen-bond acceptors (Lipinski definition) is 9. The molecule has 0 saturated carbocycles. The van der Waals surface area contributed by atoms with Gasteiger partial charge in [0.2, 0.25) is 0 Å².